The van der Waals surface area contributed by atoms with E-state index in [1.54, 1.807) is 24.5 Å². The Balaban J connectivity index is 2.19. The highest BCUT2D eigenvalue weighted by atomic mass is 35.5. The van der Waals surface area contributed by atoms with Crippen LogP contribution in [0.1, 0.15) is 11.1 Å². The summed E-state index contributed by atoms with van der Waals surface area (Å²) in [5.74, 6) is -0.490. The number of rotatable bonds is 3. The van der Waals surface area contributed by atoms with Crippen molar-refractivity contribution in [1.29, 1.82) is 0 Å². The van der Waals surface area contributed by atoms with Crippen molar-refractivity contribution in [3.63, 3.8) is 0 Å². The summed E-state index contributed by atoms with van der Waals surface area (Å²) in [6.45, 7) is 0. The lowest BCUT2D eigenvalue weighted by Crippen LogP contribution is -2.12. The zero-order valence-electron chi connectivity index (χ0n) is 11.0. The highest BCUT2D eigenvalue weighted by Crippen LogP contribution is 2.28. The van der Waals surface area contributed by atoms with Gasteiger partial charge in [-0.3, -0.25) is 4.79 Å². The first-order chi connectivity index (χ1) is 10.2. The molecular formula is C16H12ClN3O. The van der Waals surface area contributed by atoms with Gasteiger partial charge in [0.05, 0.1) is 5.02 Å². The molecule has 2 aromatic heterocycles. The van der Waals surface area contributed by atoms with E-state index in [9.17, 15) is 4.79 Å². The number of nitrogens with two attached hydrogens (primary N) is 1. The van der Waals surface area contributed by atoms with Crippen molar-refractivity contribution < 1.29 is 4.79 Å². The predicted molar refractivity (Wildman–Crippen MR) is 84.6 cm³/mol. The number of aromatic amines is 1. The van der Waals surface area contributed by atoms with Crippen LogP contribution in [0.15, 0.2) is 48.8 Å². The highest BCUT2D eigenvalue weighted by Gasteiger charge is 2.12. The van der Waals surface area contributed by atoms with E-state index in [2.05, 4.69) is 9.97 Å². The van der Waals surface area contributed by atoms with E-state index in [-0.39, 0.29) is 0 Å². The van der Waals surface area contributed by atoms with Gasteiger partial charge in [0, 0.05) is 28.9 Å². The van der Waals surface area contributed by atoms with Gasteiger partial charge in [-0.2, -0.15) is 0 Å². The van der Waals surface area contributed by atoms with Crippen LogP contribution in [0.2, 0.25) is 5.02 Å². The maximum Gasteiger partial charge on any atom is 0.249 e. The maximum absolute atomic E-state index is 11.7. The average molecular weight is 298 g/mol. The second-order valence-corrected chi connectivity index (χ2v) is 4.96. The number of carbonyl (C=O) groups excluding carboxylic acids is 1. The van der Waals surface area contributed by atoms with Crippen molar-refractivity contribution in [2.24, 2.45) is 5.73 Å². The van der Waals surface area contributed by atoms with E-state index < -0.39 is 5.91 Å². The number of primary amides is 1. The number of fused-ring (bicyclic) bond motifs is 1. The molecule has 0 aliphatic carbocycles. The minimum absolute atomic E-state index is 0.427. The molecule has 0 fully saturated rings. The number of nitrogens with one attached hydrogen (secondary N) is 1. The molecule has 3 N–H and O–H groups in total. The van der Waals surface area contributed by atoms with Crippen molar-refractivity contribution in [1.82, 2.24) is 9.97 Å². The van der Waals surface area contributed by atoms with Crippen molar-refractivity contribution in [2.75, 3.05) is 0 Å². The topological polar surface area (TPSA) is 71.8 Å². The second-order valence-electron chi connectivity index (χ2n) is 4.55. The van der Waals surface area contributed by atoms with Crippen LogP contribution in [0.4, 0.5) is 0 Å². The first kappa shape index (κ1) is 13.4. The Kier molecular flexibility index (Phi) is 3.46. The lowest BCUT2D eigenvalue weighted by Gasteiger charge is -2.03. The van der Waals surface area contributed by atoms with E-state index in [0.717, 1.165) is 16.5 Å². The summed E-state index contributed by atoms with van der Waals surface area (Å²) >= 11 is 6.21. The molecule has 0 spiro atoms. The molecular weight excluding hydrogens is 286 g/mol. The number of carbonyl (C=O) groups is 1. The minimum atomic E-state index is -0.490. The molecule has 3 aromatic rings. The largest absolute Gasteiger partial charge is 0.366 e. The smallest absolute Gasteiger partial charge is 0.249 e. The third kappa shape index (κ3) is 2.53. The molecule has 0 saturated heterocycles. The number of H-pyrrole nitrogens is 1. The number of pyridine rings is 1. The van der Waals surface area contributed by atoms with Gasteiger partial charge in [-0.05, 0) is 17.7 Å². The van der Waals surface area contributed by atoms with Crippen LogP contribution in [-0.4, -0.2) is 15.9 Å². The van der Waals surface area contributed by atoms with Crippen molar-refractivity contribution in [2.45, 2.75) is 0 Å². The number of nitrogens with zero attached hydrogens (tertiary/aromatic N) is 1. The number of halogens is 1. The van der Waals surface area contributed by atoms with Crippen molar-refractivity contribution in [3.8, 4) is 0 Å². The van der Waals surface area contributed by atoms with Gasteiger partial charge in [-0.1, -0.05) is 41.9 Å². The van der Waals surface area contributed by atoms with Gasteiger partial charge < -0.3 is 10.7 Å². The van der Waals surface area contributed by atoms with Gasteiger partial charge in [0.2, 0.25) is 5.91 Å². The fourth-order valence-electron chi connectivity index (χ4n) is 2.22. The van der Waals surface area contributed by atoms with E-state index in [1.165, 1.54) is 0 Å². The zero-order valence-corrected chi connectivity index (χ0v) is 11.8. The average Bonchev–Trinajstić information content (AvgIpc) is 2.90. The molecule has 1 amide bonds. The molecule has 3 rings (SSSR count). The van der Waals surface area contributed by atoms with E-state index in [1.807, 2.05) is 30.3 Å². The number of hydrogen-bond donors (Lipinski definition) is 2. The molecule has 0 saturated carbocycles. The lowest BCUT2D eigenvalue weighted by atomic mass is 10.0. The highest BCUT2D eigenvalue weighted by molar-refractivity contribution is 6.36. The van der Waals surface area contributed by atoms with Crippen LogP contribution in [0.3, 0.4) is 0 Å². The van der Waals surface area contributed by atoms with Crippen molar-refractivity contribution in [3.05, 3.63) is 64.9 Å². The molecule has 0 aliphatic rings. The fraction of sp³-hybridized carbons (Fsp3) is 0. The van der Waals surface area contributed by atoms with Gasteiger partial charge in [0.25, 0.3) is 0 Å². The van der Waals surface area contributed by atoms with E-state index in [4.69, 9.17) is 17.3 Å². The zero-order chi connectivity index (χ0) is 14.8. The molecule has 104 valence electrons. The summed E-state index contributed by atoms with van der Waals surface area (Å²) in [7, 11) is 0. The van der Waals surface area contributed by atoms with E-state index in [0.29, 0.717) is 16.2 Å². The third-order valence-corrected chi connectivity index (χ3v) is 3.52. The number of benzene rings is 1. The van der Waals surface area contributed by atoms with Crippen LogP contribution in [0.5, 0.6) is 0 Å². The minimum Gasteiger partial charge on any atom is -0.366 e. The summed E-state index contributed by atoms with van der Waals surface area (Å²) in [5.41, 5.74) is 8.14. The second kappa shape index (κ2) is 5.42. The maximum atomic E-state index is 11.7. The van der Waals surface area contributed by atoms with Crippen LogP contribution < -0.4 is 5.73 Å². The fourth-order valence-corrected chi connectivity index (χ4v) is 2.48. The summed E-state index contributed by atoms with van der Waals surface area (Å²) in [6.07, 6.45) is 5.11. The van der Waals surface area contributed by atoms with Crippen LogP contribution in [-0.2, 0) is 4.79 Å². The molecule has 1 aromatic carbocycles. The summed E-state index contributed by atoms with van der Waals surface area (Å²) in [5, 5.41) is 1.35. The molecule has 21 heavy (non-hydrogen) atoms. The summed E-state index contributed by atoms with van der Waals surface area (Å²) in [6, 6.07) is 11.0. The van der Waals surface area contributed by atoms with Crippen molar-refractivity contribution >= 4 is 40.2 Å². The summed E-state index contributed by atoms with van der Waals surface area (Å²) in [4.78, 5) is 19.0. The molecule has 5 heteroatoms. The molecule has 4 nitrogen and oxygen atoms in total. The first-order valence-corrected chi connectivity index (χ1v) is 6.73. The quantitative estimate of drug-likeness (QED) is 0.728. The monoisotopic (exact) mass is 297 g/mol. The van der Waals surface area contributed by atoms with Gasteiger partial charge >= 0.3 is 0 Å². The Morgan fingerprint density at radius 3 is 2.71 bits per heavy atom. The molecule has 2 heterocycles. The lowest BCUT2D eigenvalue weighted by molar-refractivity contribution is -0.112. The van der Waals surface area contributed by atoms with Gasteiger partial charge in [-0.15, -0.1) is 0 Å². The summed E-state index contributed by atoms with van der Waals surface area (Å²) < 4.78 is 0. The molecule has 0 atom stereocenters. The van der Waals surface area contributed by atoms with Crippen LogP contribution >= 0.6 is 11.6 Å². The van der Waals surface area contributed by atoms with Gasteiger partial charge in [-0.25, -0.2) is 4.98 Å². The Bertz CT molecular complexity index is 837. The first-order valence-electron chi connectivity index (χ1n) is 6.35. The Hall–Kier alpha value is -2.59. The molecule has 0 radical (unpaired) electrons. The number of amides is 1. The van der Waals surface area contributed by atoms with Gasteiger partial charge in [0.1, 0.15) is 5.65 Å². The SMILES string of the molecule is NC(=O)C(=Cc1c[nH]c2nccc(Cl)c12)c1ccccc1. The molecule has 0 bridgehead atoms. The van der Waals surface area contributed by atoms with Gasteiger partial charge in [0.15, 0.2) is 0 Å². The Morgan fingerprint density at radius 1 is 1.24 bits per heavy atom. The third-order valence-electron chi connectivity index (χ3n) is 3.20. The predicted octanol–water partition coefficient (Wildman–Crippen LogP) is 3.24. The van der Waals surface area contributed by atoms with Crippen LogP contribution in [0, 0.1) is 0 Å². The van der Waals surface area contributed by atoms with Crippen LogP contribution in [0.25, 0.3) is 22.7 Å². The Labute approximate surface area is 126 Å². The number of hydrogen-bond acceptors (Lipinski definition) is 2. The molecule has 0 aliphatic heterocycles. The standard InChI is InChI=1S/C16H12ClN3O/c17-13-6-7-19-16-14(13)11(9-20-16)8-12(15(18)21)10-4-2-1-3-5-10/h1-9H,(H2,18,21)(H,19,20). The number of aromatic nitrogens is 2. The van der Waals surface area contributed by atoms with E-state index >= 15 is 0 Å². The molecule has 0 unspecified atom stereocenters. The normalized spacial score (nSPS) is 11.8. The Morgan fingerprint density at radius 2 is 2.00 bits per heavy atom.